The zero-order valence-corrected chi connectivity index (χ0v) is 11.7. The summed E-state index contributed by atoms with van der Waals surface area (Å²) in [6, 6.07) is 5.05. The van der Waals surface area contributed by atoms with E-state index >= 15 is 0 Å². The van der Waals surface area contributed by atoms with Gasteiger partial charge in [-0.2, -0.15) is 0 Å². The zero-order chi connectivity index (χ0) is 13.1. The molecule has 0 radical (unpaired) electrons. The number of pyridine rings is 1. The molecule has 0 bridgehead atoms. The van der Waals surface area contributed by atoms with E-state index in [1.54, 1.807) is 0 Å². The molecule has 3 rings (SSSR count). The van der Waals surface area contributed by atoms with Crippen LogP contribution in [0.5, 0.6) is 0 Å². The van der Waals surface area contributed by atoms with Gasteiger partial charge >= 0.3 is 0 Å². The monoisotopic (exact) mass is 261 g/mol. The second-order valence-electron chi connectivity index (χ2n) is 5.52. The summed E-state index contributed by atoms with van der Waals surface area (Å²) in [6.07, 6.45) is 4.32. The molecule has 0 amide bonds. The molecule has 0 N–H and O–H groups in total. The van der Waals surface area contributed by atoms with Crippen LogP contribution >= 0.6 is 0 Å². The van der Waals surface area contributed by atoms with Gasteiger partial charge in [-0.25, -0.2) is 0 Å². The summed E-state index contributed by atoms with van der Waals surface area (Å²) >= 11 is 0. The average molecular weight is 261 g/mol. The smallest absolute Gasteiger partial charge is 0.0480 e. The second kappa shape index (κ2) is 5.88. The average Bonchev–Trinajstić information content (AvgIpc) is 2.48. The predicted molar refractivity (Wildman–Crippen MR) is 76.6 cm³/mol. The molecule has 0 aromatic carbocycles. The number of anilines is 1. The molecule has 1 aromatic rings. The summed E-state index contributed by atoms with van der Waals surface area (Å²) in [7, 11) is 0. The molecular weight excluding hydrogens is 238 g/mol. The first-order valence-electron chi connectivity index (χ1n) is 7.32. The molecule has 19 heavy (non-hydrogen) atoms. The molecule has 3 heterocycles. The van der Waals surface area contributed by atoms with Gasteiger partial charge in [-0.3, -0.25) is 9.88 Å². The Bertz CT molecular complexity index is 410. The first-order chi connectivity index (χ1) is 9.33. The lowest BCUT2D eigenvalue weighted by molar-refractivity contribution is 0.0321. The van der Waals surface area contributed by atoms with Crippen LogP contribution in [0.1, 0.15) is 18.5 Å². The van der Waals surface area contributed by atoms with Crippen LogP contribution in [0.15, 0.2) is 18.3 Å². The normalized spacial score (nSPS) is 22.7. The van der Waals surface area contributed by atoms with Crippen LogP contribution in [-0.4, -0.2) is 55.3 Å². The SMILES string of the molecule is Cc1cc(N2CCN(C3CCOCC3)CC2)ccn1. The van der Waals surface area contributed by atoms with E-state index in [2.05, 4.69) is 33.8 Å². The van der Waals surface area contributed by atoms with E-state index in [1.807, 2.05) is 6.20 Å². The summed E-state index contributed by atoms with van der Waals surface area (Å²) in [5.41, 5.74) is 2.42. The molecule has 0 unspecified atom stereocenters. The summed E-state index contributed by atoms with van der Waals surface area (Å²) in [5, 5.41) is 0. The van der Waals surface area contributed by atoms with Crippen molar-refractivity contribution in [2.75, 3.05) is 44.3 Å². The Balaban J connectivity index is 1.57. The molecule has 0 spiro atoms. The van der Waals surface area contributed by atoms with Crippen molar-refractivity contribution in [2.24, 2.45) is 0 Å². The highest BCUT2D eigenvalue weighted by Gasteiger charge is 2.25. The third kappa shape index (κ3) is 3.07. The third-order valence-electron chi connectivity index (χ3n) is 4.27. The molecule has 1 aromatic heterocycles. The van der Waals surface area contributed by atoms with Crippen LogP contribution in [0.3, 0.4) is 0 Å². The van der Waals surface area contributed by atoms with Crippen molar-refractivity contribution in [1.82, 2.24) is 9.88 Å². The highest BCUT2D eigenvalue weighted by atomic mass is 16.5. The van der Waals surface area contributed by atoms with Gasteiger partial charge in [0.15, 0.2) is 0 Å². The quantitative estimate of drug-likeness (QED) is 0.810. The molecule has 4 heteroatoms. The molecule has 2 aliphatic heterocycles. The van der Waals surface area contributed by atoms with Crippen LogP contribution in [0.4, 0.5) is 5.69 Å². The molecule has 0 aliphatic carbocycles. The van der Waals surface area contributed by atoms with Crippen molar-refractivity contribution in [1.29, 1.82) is 0 Å². The van der Waals surface area contributed by atoms with Crippen molar-refractivity contribution in [3.63, 3.8) is 0 Å². The number of ether oxygens (including phenoxy) is 1. The molecule has 0 atom stereocenters. The van der Waals surface area contributed by atoms with Gasteiger partial charge in [-0.1, -0.05) is 0 Å². The molecular formula is C15H23N3O. The molecule has 4 nitrogen and oxygen atoms in total. The lowest BCUT2D eigenvalue weighted by atomic mass is 10.1. The van der Waals surface area contributed by atoms with E-state index in [-0.39, 0.29) is 0 Å². The maximum atomic E-state index is 5.45. The van der Waals surface area contributed by atoms with E-state index in [9.17, 15) is 0 Å². The number of nitrogens with zero attached hydrogens (tertiary/aromatic N) is 3. The summed E-state index contributed by atoms with van der Waals surface area (Å²) < 4.78 is 5.45. The van der Waals surface area contributed by atoms with Crippen molar-refractivity contribution in [3.8, 4) is 0 Å². The maximum absolute atomic E-state index is 5.45. The molecule has 2 saturated heterocycles. The standard InChI is InChI=1S/C15H23N3O/c1-13-12-15(2-5-16-13)18-8-6-17(7-9-18)14-3-10-19-11-4-14/h2,5,12,14H,3-4,6-11H2,1H3. The fourth-order valence-electron chi connectivity index (χ4n) is 3.12. The lowest BCUT2D eigenvalue weighted by Gasteiger charge is -2.41. The highest BCUT2D eigenvalue weighted by Crippen LogP contribution is 2.20. The lowest BCUT2D eigenvalue weighted by Crippen LogP contribution is -2.51. The number of aryl methyl sites for hydroxylation is 1. The van der Waals surface area contributed by atoms with Gasteiger partial charge in [0, 0.05) is 63.0 Å². The predicted octanol–water partition coefficient (Wildman–Crippen LogP) is 1.69. The Hall–Kier alpha value is -1.13. The van der Waals surface area contributed by atoms with E-state index < -0.39 is 0 Å². The summed E-state index contributed by atoms with van der Waals surface area (Å²) in [5.74, 6) is 0. The summed E-state index contributed by atoms with van der Waals surface area (Å²) in [6.45, 7) is 8.53. The van der Waals surface area contributed by atoms with Gasteiger partial charge < -0.3 is 9.64 Å². The van der Waals surface area contributed by atoms with Gasteiger partial charge in [0.1, 0.15) is 0 Å². The Labute approximate surface area is 115 Å². The van der Waals surface area contributed by atoms with Gasteiger partial charge in [-0.15, -0.1) is 0 Å². The van der Waals surface area contributed by atoms with Crippen LogP contribution in [0, 0.1) is 6.92 Å². The Morgan fingerprint density at radius 3 is 2.58 bits per heavy atom. The molecule has 104 valence electrons. The number of hydrogen-bond acceptors (Lipinski definition) is 4. The number of rotatable bonds is 2. The van der Waals surface area contributed by atoms with Crippen molar-refractivity contribution in [3.05, 3.63) is 24.0 Å². The van der Waals surface area contributed by atoms with E-state index in [0.717, 1.165) is 38.0 Å². The maximum Gasteiger partial charge on any atom is 0.0480 e. The Morgan fingerprint density at radius 2 is 1.89 bits per heavy atom. The second-order valence-corrected chi connectivity index (χ2v) is 5.52. The third-order valence-corrected chi connectivity index (χ3v) is 4.27. The van der Waals surface area contributed by atoms with Crippen LogP contribution in [0.2, 0.25) is 0 Å². The van der Waals surface area contributed by atoms with Gasteiger partial charge in [-0.05, 0) is 31.9 Å². The summed E-state index contributed by atoms with van der Waals surface area (Å²) in [4.78, 5) is 9.39. The van der Waals surface area contributed by atoms with Crippen molar-refractivity contribution < 1.29 is 4.74 Å². The first-order valence-corrected chi connectivity index (χ1v) is 7.32. The molecule has 0 saturated carbocycles. The van der Waals surface area contributed by atoms with Crippen molar-refractivity contribution >= 4 is 5.69 Å². The Kier molecular flexibility index (Phi) is 3.99. The number of hydrogen-bond donors (Lipinski definition) is 0. The minimum Gasteiger partial charge on any atom is -0.381 e. The van der Waals surface area contributed by atoms with Gasteiger partial charge in [0.2, 0.25) is 0 Å². The zero-order valence-electron chi connectivity index (χ0n) is 11.7. The first kappa shape index (κ1) is 12.9. The molecule has 2 fully saturated rings. The minimum absolute atomic E-state index is 0.745. The molecule has 2 aliphatic rings. The fourth-order valence-corrected chi connectivity index (χ4v) is 3.12. The van der Waals surface area contributed by atoms with Crippen molar-refractivity contribution in [2.45, 2.75) is 25.8 Å². The number of piperazine rings is 1. The van der Waals surface area contributed by atoms with Crippen LogP contribution < -0.4 is 4.90 Å². The Morgan fingerprint density at radius 1 is 1.16 bits per heavy atom. The van der Waals surface area contributed by atoms with E-state index in [0.29, 0.717) is 0 Å². The minimum atomic E-state index is 0.745. The van der Waals surface area contributed by atoms with E-state index in [1.165, 1.54) is 31.6 Å². The highest BCUT2D eigenvalue weighted by molar-refractivity contribution is 5.46. The van der Waals surface area contributed by atoms with E-state index in [4.69, 9.17) is 4.74 Å². The van der Waals surface area contributed by atoms with Gasteiger partial charge in [0.25, 0.3) is 0 Å². The largest absolute Gasteiger partial charge is 0.381 e. The van der Waals surface area contributed by atoms with Crippen LogP contribution in [0.25, 0.3) is 0 Å². The van der Waals surface area contributed by atoms with Gasteiger partial charge in [0.05, 0.1) is 0 Å². The van der Waals surface area contributed by atoms with Crippen LogP contribution in [-0.2, 0) is 4.74 Å². The topological polar surface area (TPSA) is 28.6 Å². The fraction of sp³-hybridized carbons (Fsp3) is 0.667. The number of aromatic nitrogens is 1.